The molecule has 5 nitrogen and oxygen atoms in total. The van der Waals surface area contributed by atoms with Crippen molar-refractivity contribution < 1.29 is 24.5 Å². The molecule has 1 saturated carbocycles. The van der Waals surface area contributed by atoms with Gasteiger partial charge in [0.05, 0.1) is 12.2 Å². The summed E-state index contributed by atoms with van der Waals surface area (Å²) in [6.07, 6.45) is 8.11. The highest BCUT2D eigenvalue weighted by molar-refractivity contribution is 5.43. The highest BCUT2D eigenvalue weighted by atomic mass is 16.7. The summed E-state index contributed by atoms with van der Waals surface area (Å²) < 4.78 is 10.3. The van der Waals surface area contributed by atoms with Gasteiger partial charge in [-0.2, -0.15) is 0 Å². The van der Waals surface area contributed by atoms with Crippen LogP contribution < -0.4 is 4.74 Å². The summed E-state index contributed by atoms with van der Waals surface area (Å²) in [5, 5.41) is 21.0. The first-order valence-corrected chi connectivity index (χ1v) is 10.8. The predicted octanol–water partition coefficient (Wildman–Crippen LogP) is 3.63. The molecule has 28 heavy (non-hydrogen) atoms. The van der Waals surface area contributed by atoms with E-state index in [1.807, 2.05) is 12.1 Å². The van der Waals surface area contributed by atoms with Gasteiger partial charge in [0.15, 0.2) is 0 Å². The van der Waals surface area contributed by atoms with Gasteiger partial charge in [0.25, 0.3) is 6.47 Å². The highest BCUT2D eigenvalue weighted by Crippen LogP contribution is 2.48. The fourth-order valence-electron chi connectivity index (χ4n) is 5.22. The molecular formula is C23H34O5. The largest absolute Gasteiger partial charge is 0.457 e. The van der Waals surface area contributed by atoms with Crippen LogP contribution in [-0.2, 0) is 22.4 Å². The molecule has 5 atom stereocenters. The van der Waals surface area contributed by atoms with Crippen LogP contribution in [-0.4, -0.2) is 35.7 Å². The number of carbonyl (C=O) groups is 1. The van der Waals surface area contributed by atoms with Crippen molar-refractivity contribution in [3.05, 3.63) is 29.3 Å². The van der Waals surface area contributed by atoms with Gasteiger partial charge in [-0.05, 0) is 73.5 Å². The molecule has 2 N–H and O–H groups in total. The maximum absolute atomic E-state index is 10.7. The molecule has 5 heteroatoms. The van der Waals surface area contributed by atoms with Gasteiger partial charge >= 0.3 is 0 Å². The first-order chi connectivity index (χ1) is 13.6. The molecule has 2 aliphatic carbocycles. The summed E-state index contributed by atoms with van der Waals surface area (Å²) in [7, 11) is 0. The second-order valence-corrected chi connectivity index (χ2v) is 8.44. The lowest BCUT2D eigenvalue weighted by Crippen LogP contribution is -2.28. The third kappa shape index (κ3) is 5.06. The molecule has 2 aliphatic rings. The van der Waals surface area contributed by atoms with Crippen LogP contribution in [0, 0.1) is 17.8 Å². The lowest BCUT2D eigenvalue weighted by molar-refractivity contribution is -0.134. The normalized spacial score (nSPS) is 27.0. The van der Waals surface area contributed by atoms with Crippen LogP contribution in [0.5, 0.6) is 5.75 Å². The second-order valence-electron chi connectivity index (χ2n) is 8.44. The number of ether oxygens (including phenoxy) is 2. The van der Waals surface area contributed by atoms with Crippen molar-refractivity contribution in [2.75, 3.05) is 6.79 Å². The molecule has 3 rings (SSSR count). The van der Waals surface area contributed by atoms with E-state index in [9.17, 15) is 15.0 Å². The SMILES string of the molecule is CCCCC[C@H](O)CC[C@@H]1[C@H]2Cc3cccc(OCOC=O)c3C[C@H]2C[C@H]1O. The average Bonchev–Trinajstić information content (AvgIpc) is 2.99. The summed E-state index contributed by atoms with van der Waals surface area (Å²) in [6, 6.07) is 6.04. The fraction of sp³-hybridized carbons (Fsp3) is 0.696. The standard InChI is InChI=1S/C23H34O5/c1-2-3-4-7-18(25)9-10-19-20-11-16-6-5-8-23(28-15-27-14-24)21(16)12-17(20)13-22(19)26/h5-6,8,14,17-20,22,25-26H,2-4,7,9-13,15H2,1H3/t17-,18-,19+,20-,22+/m0/s1. The van der Waals surface area contributed by atoms with Crippen molar-refractivity contribution in [1.29, 1.82) is 0 Å². The maximum atomic E-state index is 10.7. The Morgan fingerprint density at radius 3 is 2.89 bits per heavy atom. The predicted molar refractivity (Wildman–Crippen MR) is 107 cm³/mol. The van der Waals surface area contributed by atoms with Crippen molar-refractivity contribution >= 4 is 6.47 Å². The van der Waals surface area contributed by atoms with Gasteiger partial charge in [0.2, 0.25) is 6.79 Å². The lowest BCUT2D eigenvalue weighted by atomic mass is 9.73. The topological polar surface area (TPSA) is 76.0 Å². The van der Waals surface area contributed by atoms with Crippen LogP contribution in [0.2, 0.25) is 0 Å². The minimum Gasteiger partial charge on any atom is -0.457 e. The summed E-state index contributed by atoms with van der Waals surface area (Å²) >= 11 is 0. The van der Waals surface area contributed by atoms with Crippen molar-refractivity contribution in [2.45, 2.75) is 76.9 Å². The van der Waals surface area contributed by atoms with E-state index in [1.165, 1.54) is 24.0 Å². The summed E-state index contributed by atoms with van der Waals surface area (Å²) in [5.74, 6) is 1.96. The minimum absolute atomic E-state index is 0.0742. The van der Waals surface area contributed by atoms with Crippen LogP contribution in [0.15, 0.2) is 18.2 Å². The zero-order chi connectivity index (χ0) is 19.9. The molecule has 0 heterocycles. The number of aliphatic hydroxyl groups excluding tert-OH is 2. The van der Waals surface area contributed by atoms with Crippen molar-refractivity contribution in [2.24, 2.45) is 17.8 Å². The van der Waals surface area contributed by atoms with Crippen LogP contribution in [0.3, 0.4) is 0 Å². The number of aliphatic hydroxyl groups is 2. The summed E-state index contributed by atoms with van der Waals surface area (Å²) in [4.78, 5) is 10.3. The number of rotatable bonds is 11. The number of hydrogen-bond acceptors (Lipinski definition) is 5. The first-order valence-electron chi connectivity index (χ1n) is 10.8. The third-order valence-corrected chi connectivity index (χ3v) is 6.67. The Hall–Kier alpha value is -1.59. The Morgan fingerprint density at radius 1 is 1.25 bits per heavy atom. The molecule has 0 saturated heterocycles. The summed E-state index contributed by atoms with van der Waals surface area (Å²) in [6.45, 7) is 2.49. The highest BCUT2D eigenvalue weighted by Gasteiger charge is 2.44. The second kappa shape index (κ2) is 10.3. The number of hydrogen-bond donors (Lipinski definition) is 2. The van der Waals surface area contributed by atoms with Crippen molar-refractivity contribution in [3.8, 4) is 5.75 Å². The number of benzene rings is 1. The number of unbranched alkanes of at least 4 members (excludes halogenated alkanes) is 2. The van der Waals surface area contributed by atoms with Crippen LogP contribution >= 0.6 is 0 Å². The quantitative estimate of drug-likeness (QED) is 0.343. The van der Waals surface area contributed by atoms with E-state index in [2.05, 4.69) is 17.7 Å². The van der Waals surface area contributed by atoms with E-state index in [0.717, 1.165) is 50.7 Å². The molecule has 0 spiro atoms. The van der Waals surface area contributed by atoms with Crippen LogP contribution in [0.1, 0.15) is 63.0 Å². The Labute approximate surface area is 168 Å². The van der Waals surface area contributed by atoms with Gasteiger partial charge in [-0.1, -0.05) is 38.3 Å². The Morgan fingerprint density at radius 2 is 2.11 bits per heavy atom. The Bertz CT molecular complexity index is 631. The fourth-order valence-corrected chi connectivity index (χ4v) is 5.22. The first kappa shape index (κ1) is 21.1. The molecule has 0 bridgehead atoms. The zero-order valence-electron chi connectivity index (χ0n) is 16.9. The number of carbonyl (C=O) groups excluding carboxylic acids is 1. The van der Waals surface area contributed by atoms with Gasteiger partial charge in [-0.25, -0.2) is 0 Å². The van der Waals surface area contributed by atoms with E-state index < -0.39 is 0 Å². The van der Waals surface area contributed by atoms with E-state index in [0.29, 0.717) is 18.3 Å². The molecule has 0 radical (unpaired) electrons. The molecule has 0 aromatic heterocycles. The van der Waals surface area contributed by atoms with Crippen LogP contribution in [0.4, 0.5) is 0 Å². The zero-order valence-corrected chi connectivity index (χ0v) is 16.9. The van der Waals surface area contributed by atoms with E-state index in [-0.39, 0.29) is 24.9 Å². The van der Waals surface area contributed by atoms with Gasteiger partial charge in [-0.3, -0.25) is 4.79 Å². The smallest absolute Gasteiger partial charge is 0.295 e. The molecule has 1 aromatic rings. The van der Waals surface area contributed by atoms with E-state index >= 15 is 0 Å². The molecule has 0 aliphatic heterocycles. The van der Waals surface area contributed by atoms with Gasteiger partial charge < -0.3 is 19.7 Å². The monoisotopic (exact) mass is 390 g/mol. The summed E-state index contributed by atoms with van der Waals surface area (Å²) in [5.41, 5.74) is 2.46. The molecular weight excluding hydrogens is 356 g/mol. The molecule has 0 unspecified atom stereocenters. The van der Waals surface area contributed by atoms with E-state index in [4.69, 9.17) is 4.74 Å². The molecule has 0 amide bonds. The van der Waals surface area contributed by atoms with Gasteiger partial charge in [-0.15, -0.1) is 0 Å². The average molecular weight is 391 g/mol. The maximum Gasteiger partial charge on any atom is 0.295 e. The third-order valence-electron chi connectivity index (χ3n) is 6.67. The molecule has 1 fully saturated rings. The number of fused-ring (bicyclic) bond motifs is 2. The van der Waals surface area contributed by atoms with Crippen LogP contribution in [0.25, 0.3) is 0 Å². The molecule has 156 valence electrons. The lowest BCUT2D eigenvalue weighted by Gasteiger charge is -2.32. The van der Waals surface area contributed by atoms with E-state index in [1.54, 1.807) is 0 Å². The van der Waals surface area contributed by atoms with Gasteiger partial charge in [0, 0.05) is 0 Å². The Kier molecular flexibility index (Phi) is 7.74. The van der Waals surface area contributed by atoms with Gasteiger partial charge in [0.1, 0.15) is 5.75 Å². The Balaban J connectivity index is 1.61. The van der Waals surface area contributed by atoms with Crippen molar-refractivity contribution in [3.63, 3.8) is 0 Å². The minimum atomic E-state index is -0.282. The van der Waals surface area contributed by atoms with Crippen molar-refractivity contribution in [1.82, 2.24) is 0 Å². The molecule has 1 aromatic carbocycles.